The molecule has 5 heteroatoms. The fraction of sp³-hybridized carbons (Fsp3) is 0.417. The predicted molar refractivity (Wildman–Crippen MR) is 69.4 cm³/mol. The Balaban J connectivity index is 2.28. The highest BCUT2D eigenvalue weighted by Gasteiger charge is 2.18. The molecule has 0 bridgehead atoms. The highest BCUT2D eigenvalue weighted by molar-refractivity contribution is 6.30. The van der Waals surface area contributed by atoms with Crippen LogP contribution >= 0.6 is 11.6 Å². The second-order valence-corrected chi connectivity index (χ2v) is 4.51. The van der Waals surface area contributed by atoms with Crippen LogP contribution in [0.2, 0.25) is 5.02 Å². The maximum absolute atomic E-state index is 11.4. The molecule has 1 saturated heterocycles. The molecular weight excluding hydrogens is 238 g/mol. The Bertz CT molecular complexity index is 422. The van der Waals surface area contributed by atoms with E-state index >= 15 is 0 Å². The highest BCUT2D eigenvalue weighted by atomic mass is 35.5. The molecule has 1 fully saturated rings. The first-order valence-electron chi connectivity index (χ1n) is 5.65. The first-order valence-corrected chi connectivity index (χ1v) is 6.03. The van der Waals surface area contributed by atoms with Gasteiger partial charge in [-0.2, -0.15) is 0 Å². The molecule has 2 rings (SSSR count). The van der Waals surface area contributed by atoms with Gasteiger partial charge in [-0.1, -0.05) is 17.7 Å². The van der Waals surface area contributed by atoms with Gasteiger partial charge in [-0.05, 0) is 24.7 Å². The van der Waals surface area contributed by atoms with Gasteiger partial charge in [0.2, 0.25) is 5.91 Å². The van der Waals surface area contributed by atoms with Crippen LogP contribution in [0.5, 0.6) is 0 Å². The fourth-order valence-corrected chi connectivity index (χ4v) is 2.18. The minimum Gasteiger partial charge on any atom is -0.360 e. The summed E-state index contributed by atoms with van der Waals surface area (Å²) in [5, 5.41) is 6.64. The van der Waals surface area contributed by atoms with Crippen molar-refractivity contribution in [3.63, 3.8) is 0 Å². The molecular formula is C12H16ClN3O. The Morgan fingerprint density at radius 1 is 1.53 bits per heavy atom. The summed E-state index contributed by atoms with van der Waals surface area (Å²) in [6.45, 7) is 2.68. The molecule has 0 unspecified atom stereocenters. The molecule has 1 amide bonds. The molecule has 1 aromatic rings. The second kappa shape index (κ2) is 5.38. The lowest BCUT2D eigenvalue weighted by molar-refractivity contribution is -0.120. The fourth-order valence-electron chi connectivity index (χ4n) is 2.02. The number of carbonyl (C=O) groups is 1. The zero-order chi connectivity index (χ0) is 12.3. The topological polar surface area (TPSA) is 44.4 Å². The third-order valence-corrected chi connectivity index (χ3v) is 3.03. The summed E-state index contributed by atoms with van der Waals surface area (Å²) in [4.78, 5) is 13.5. The minimum atomic E-state index is 0.0617. The van der Waals surface area contributed by atoms with Crippen LogP contribution in [-0.2, 0) is 11.3 Å². The molecule has 17 heavy (non-hydrogen) atoms. The van der Waals surface area contributed by atoms with E-state index in [1.165, 1.54) is 0 Å². The van der Waals surface area contributed by atoms with Gasteiger partial charge < -0.3 is 15.5 Å². The molecule has 0 aliphatic carbocycles. The van der Waals surface area contributed by atoms with E-state index in [1.807, 2.05) is 25.2 Å². The number of benzene rings is 1. The number of nitrogens with zero attached hydrogens (tertiary/aromatic N) is 1. The van der Waals surface area contributed by atoms with E-state index < -0.39 is 0 Å². The van der Waals surface area contributed by atoms with Crippen LogP contribution in [0.15, 0.2) is 18.2 Å². The molecule has 1 aliphatic heterocycles. The van der Waals surface area contributed by atoms with E-state index in [0.717, 1.165) is 24.3 Å². The smallest absolute Gasteiger partial charge is 0.239 e. The van der Waals surface area contributed by atoms with Crippen LogP contribution in [0, 0.1) is 0 Å². The first kappa shape index (κ1) is 12.2. The van der Waals surface area contributed by atoms with Crippen molar-refractivity contribution in [3.05, 3.63) is 28.8 Å². The molecule has 0 radical (unpaired) electrons. The number of rotatable bonds is 3. The van der Waals surface area contributed by atoms with E-state index in [0.29, 0.717) is 18.1 Å². The van der Waals surface area contributed by atoms with Crippen molar-refractivity contribution in [1.29, 1.82) is 0 Å². The number of anilines is 1. The van der Waals surface area contributed by atoms with Gasteiger partial charge in [0.15, 0.2) is 0 Å². The molecule has 1 aromatic carbocycles. The summed E-state index contributed by atoms with van der Waals surface area (Å²) >= 11 is 6.02. The maximum Gasteiger partial charge on any atom is 0.239 e. The quantitative estimate of drug-likeness (QED) is 0.845. The van der Waals surface area contributed by atoms with Gasteiger partial charge in [-0.25, -0.2) is 0 Å². The molecule has 4 nitrogen and oxygen atoms in total. The van der Waals surface area contributed by atoms with Crippen LogP contribution < -0.4 is 15.5 Å². The van der Waals surface area contributed by atoms with E-state index in [-0.39, 0.29) is 5.91 Å². The van der Waals surface area contributed by atoms with Crippen molar-refractivity contribution in [2.45, 2.75) is 6.54 Å². The van der Waals surface area contributed by atoms with Gasteiger partial charge in [-0.15, -0.1) is 0 Å². The van der Waals surface area contributed by atoms with Crippen molar-refractivity contribution in [3.8, 4) is 0 Å². The lowest BCUT2D eigenvalue weighted by atomic mass is 10.1. The number of carbonyl (C=O) groups excluding carboxylic acids is 1. The van der Waals surface area contributed by atoms with Crippen LogP contribution in [-0.4, -0.2) is 32.6 Å². The van der Waals surface area contributed by atoms with Crippen LogP contribution in [0.25, 0.3) is 0 Å². The summed E-state index contributed by atoms with van der Waals surface area (Å²) in [6, 6.07) is 5.80. The zero-order valence-electron chi connectivity index (χ0n) is 9.79. The summed E-state index contributed by atoms with van der Waals surface area (Å²) < 4.78 is 0. The normalized spacial score (nSPS) is 15.9. The van der Waals surface area contributed by atoms with E-state index in [9.17, 15) is 4.79 Å². The van der Waals surface area contributed by atoms with Crippen molar-refractivity contribution < 1.29 is 4.79 Å². The molecule has 1 aliphatic rings. The van der Waals surface area contributed by atoms with E-state index in [4.69, 9.17) is 11.6 Å². The lowest BCUT2D eigenvalue weighted by Gasteiger charge is -2.30. The van der Waals surface area contributed by atoms with Crippen LogP contribution in [0.4, 0.5) is 5.69 Å². The van der Waals surface area contributed by atoms with Gasteiger partial charge in [-0.3, -0.25) is 4.79 Å². The average Bonchev–Trinajstić information content (AvgIpc) is 2.32. The predicted octanol–water partition coefficient (Wildman–Crippen LogP) is 0.996. The standard InChI is InChI=1S/C12H16ClN3O/c1-14-7-9-2-3-10(13)6-11(9)16-5-4-15-12(17)8-16/h2-3,6,14H,4-5,7-8H2,1H3,(H,15,17). The highest BCUT2D eigenvalue weighted by Crippen LogP contribution is 2.25. The summed E-state index contributed by atoms with van der Waals surface area (Å²) in [5.74, 6) is 0.0617. The molecule has 0 spiro atoms. The van der Waals surface area contributed by atoms with Gasteiger partial charge in [0.1, 0.15) is 0 Å². The molecule has 0 aromatic heterocycles. The zero-order valence-corrected chi connectivity index (χ0v) is 10.5. The average molecular weight is 254 g/mol. The molecule has 92 valence electrons. The summed E-state index contributed by atoms with van der Waals surface area (Å²) in [6.07, 6.45) is 0. The third-order valence-electron chi connectivity index (χ3n) is 2.79. The van der Waals surface area contributed by atoms with Gasteiger partial charge >= 0.3 is 0 Å². The SMILES string of the molecule is CNCc1ccc(Cl)cc1N1CCNC(=O)C1. The Hall–Kier alpha value is -1.26. The number of amides is 1. The molecule has 1 heterocycles. The number of nitrogens with one attached hydrogen (secondary N) is 2. The Kier molecular flexibility index (Phi) is 3.86. The van der Waals surface area contributed by atoms with Crippen LogP contribution in [0.3, 0.4) is 0 Å². The summed E-state index contributed by atoms with van der Waals surface area (Å²) in [7, 11) is 1.90. The first-order chi connectivity index (χ1) is 8.20. The van der Waals surface area contributed by atoms with E-state index in [1.54, 1.807) is 0 Å². The van der Waals surface area contributed by atoms with Crippen LogP contribution in [0.1, 0.15) is 5.56 Å². The van der Waals surface area contributed by atoms with Crippen molar-refractivity contribution >= 4 is 23.2 Å². The third kappa shape index (κ3) is 2.90. The molecule has 0 atom stereocenters. The van der Waals surface area contributed by atoms with Gasteiger partial charge in [0.25, 0.3) is 0 Å². The summed E-state index contributed by atoms with van der Waals surface area (Å²) in [5.41, 5.74) is 2.20. The second-order valence-electron chi connectivity index (χ2n) is 4.07. The maximum atomic E-state index is 11.4. The lowest BCUT2D eigenvalue weighted by Crippen LogP contribution is -2.48. The Morgan fingerprint density at radius 2 is 2.35 bits per heavy atom. The van der Waals surface area contributed by atoms with Crippen molar-refractivity contribution in [2.75, 3.05) is 31.6 Å². The monoisotopic (exact) mass is 253 g/mol. The molecule has 0 saturated carbocycles. The largest absolute Gasteiger partial charge is 0.360 e. The number of hydrogen-bond donors (Lipinski definition) is 2. The Morgan fingerprint density at radius 3 is 3.06 bits per heavy atom. The minimum absolute atomic E-state index is 0.0617. The van der Waals surface area contributed by atoms with Gasteiger partial charge in [0.05, 0.1) is 6.54 Å². The van der Waals surface area contributed by atoms with Crippen molar-refractivity contribution in [2.24, 2.45) is 0 Å². The van der Waals surface area contributed by atoms with Crippen molar-refractivity contribution in [1.82, 2.24) is 10.6 Å². The van der Waals surface area contributed by atoms with E-state index in [2.05, 4.69) is 15.5 Å². The Labute approximate surface area is 106 Å². The molecule has 2 N–H and O–H groups in total. The number of hydrogen-bond acceptors (Lipinski definition) is 3. The van der Waals surface area contributed by atoms with Gasteiger partial charge in [0, 0.05) is 30.3 Å². The number of piperazine rings is 1. The number of halogens is 1.